The molecule has 4 N–H and O–H groups in total. The number of quaternary nitrogens is 1. The zero-order valence-corrected chi connectivity index (χ0v) is 27.1. The second-order valence-electron chi connectivity index (χ2n) is 16.3. The van der Waals surface area contributed by atoms with E-state index in [9.17, 15) is 20.1 Å². The molecule has 0 unspecified atom stereocenters. The maximum atomic E-state index is 13.0. The molecule has 1 amide bonds. The lowest BCUT2D eigenvalue weighted by Gasteiger charge is -2.63. The molecule has 0 bridgehead atoms. The van der Waals surface area contributed by atoms with Crippen LogP contribution < -0.4 is 5.32 Å². The summed E-state index contributed by atoms with van der Waals surface area (Å²) in [6.45, 7) is 12.2. The largest absolute Gasteiger partial charge is 0.393 e. The van der Waals surface area contributed by atoms with Crippen molar-refractivity contribution in [1.29, 1.82) is 0 Å². The van der Waals surface area contributed by atoms with Crippen LogP contribution in [0.25, 0.3) is 0 Å². The predicted molar refractivity (Wildman–Crippen MR) is 170 cm³/mol. The van der Waals surface area contributed by atoms with Crippen molar-refractivity contribution in [2.45, 2.75) is 116 Å². The molecule has 6 heteroatoms. The topological polar surface area (TPSA) is 89.8 Å². The second kappa shape index (κ2) is 12.4. The van der Waals surface area contributed by atoms with Gasteiger partial charge in [0.15, 0.2) is 0 Å². The van der Waals surface area contributed by atoms with Gasteiger partial charge in [-0.25, -0.2) is 0 Å². The van der Waals surface area contributed by atoms with Crippen LogP contribution in [0.15, 0.2) is 30.3 Å². The van der Waals surface area contributed by atoms with Gasteiger partial charge in [-0.05, 0) is 97.7 Å². The zero-order chi connectivity index (χ0) is 30.4. The fourth-order valence-electron chi connectivity index (χ4n) is 11.7. The van der Waals surface area contributed by atoms with Crippen LogP contribution in [0, 0.1) is 46.3 Å². The number of aliphatic hydroxyl groups excluding tert-OH is 3. The molecular weight excluding hydrogens is 536 g/mol. The number of rotatable bonds is 9. The van der Waals surface area contributed by atoms with E-state index in [0.29, 0.717) is 36.0 Å². The molecule has 6 nitrogen and oxygen atoms in total. The average molecular weight is 596 g/mol. The summed E-state index contributed by atoms with van der Waals surface area (Å²) in [5, 5.41) is 37.0. The fourth-order valence-corrected chi connectivity index (χ4v) is 11.7. The number of aliphatic hydroxyl groups is 3. The van der Waals surface area contributed by atoms with Gasteiger partial charge in [-0.3, -0.25) is 4.79 Å². The van der Waals surface area contributed by atoms with Gasteiger partial charge in [0.2, 0.25) is 5.91 Å². The van der Waals surface area contributed by atoms with Gasteiger partial charge in [0, 0.05) is 24.8 Å². The number of benzene rings is 1. The molecule has 5 fully saturated rings. The lowest BCUT2D eigenvalue weighted by atomic mass is 9.43. The highest BCUT2D eigenvalue weighted by molar-refractivity contribution is 5.75. The third-order valence-electron chi connectivity index (χ3n) is 14.1. The van der Waals surface area contributed by atoms with Crippen molar-refractivity contribution in [1.82, 2.24) is 5.32 Å². The molecule has 1 saturated heterocycles. The smallest absolute Gasteiger partial charge is 0.220 e. The summed E-state index contributed by atoms with van der Waals surface area (Å²) >= 11 is 0. The number of hydrogen-bond acceptors (Lipinski definition) is 4. The summed E-state index contributed by atoms with van der Waals surface area (Å²) < 4.78 is 1.08. The number of likely N-dealkylation sites (tertiary alicyclic amines) is 1. The highest BCUT2D eigenvalue weighted by atomic mass is 16.3. The third kappa shape index (κ3) is 5.84. The Kier molecular flexibility index (Phi) is 9.07. The van der Waals surface area contributed by atoms with Gasteiger partial charge < -0.3 is 25.1 Å². The van der Waals surface area contributed by atoms with Gasteiger partial charge in [0.1, 0.15) is 6.54 Å². The molecular formula is C37H59N2O4+. The van der Waals surface area contributed by atoms with Gasteiger partial charge in [-0.2, -0.15) is 0 Å². The quantitative estimate of drug-likeness (QED) is 0.292. The molecule has 1 aliphatic heterocycles. The van der Waals surface area contributed by atoms with Crippen molar-refractivity contribution in [3.63, 3.8) is 0 Å². The Morgan fingerprint density at radius 2 is 1.74 bits per heavy atom. The summed E-state index contributed by atoms with van der Waals surface area (Å²) in [6, 6.07) is 10.8. The van der Waals surface area contributed by atoms with Crippen molar-refractivity contribution in [3.05, 3.63) is 35.9 Å². The number of hydrogen-bond donors (Lipinski definition) is 4. The number of carbonyl (C=O) groups is 1. The molecule has 43 heavy (non-hydrogen) atoms. The minimum absolute atomic E-state index is 0.101. The van der Waals surface area contributed by atoms with E-state index in [1.807, 2.05) is 0 Å². The van der Waals surface area contributed by atoms with E-state index in [4.69, 9.17) is 0 Å². The lowest BCUT2D eigenvalue weighted by Crippen LogP contribution is -2.62. The Morgan fingerprint density at radius 3 is 2.49 bits per heavy atom. The van der Waals surface area contributed by atoms with E-state index < -0.39 is 0 Å². The highest BCUT2D eigenvalue weighted by Crippen LogP contribution is 2.68. The van der Waals surface area contributed by atoms with E-state index in [1.54, 1.807) is 0 Å². The first-order valence-electron chi connectivity index (χ1n) is 17.8. The van der Waals surface area contributed by atoms with Gasteiger partial charge in [0.05, 0.1) is 44.5 Å². The number of fused-ring (bicyclic) bond motifs is 5. The Balaban J connectivity index is 1.04. The first-order chi connectivity index (χ1) is 20.6. The van der Waals surface area contributed by atoms with Crippen molar-refractivity contribution < 1.29 is 24.6 Å². The molecule has 0 spiro atoms. The number of nitrogens with one attached hydrogen (secondary N) is 1. The van der Waals surface area contributed by atoms with Crippen LogP contribution in [0.4, 0.5) is 0 Å². The summed E-state index contributed by atoms with van der Waals surface area (Å²) in [5.74, 6) is 2.13. The van der Waals surface area contributed by atoms with Crippen LogP contribution in [0.1, 0.15) is 97.0 Å². The molecule has 5 aliphatic rings. The van der Waals surface area contributed by atoms with Gasteiger partial charge in [-0.15, -0.1) is 0 Å². The third-order valence-corrected chi connectivity index (χ3v) is 14.1. The number of nitrogens with zero attached hydrogens (tertiary/aromatic N) is 1. The predicted octanol–water partition coefficient (Wildman–Crippen LogP) is 5.29. The Hall–Kier alpha value is -1.47. The van der Waals surface area contributed by atoms with Crippen molar-refractivity contribution in [3.8, 4) is 0 Å². The van der Waals surface area contributed by atoms with E-state index in [0.717, 1.165) is 75.5 Å². The molecule has 1 heterocycles. The standard InChI is InChI=1S/C37H58N2O4/c1-25(11-14-34(43)38-17-20-39(18-7-8-19-39)24-26-9-5-4-6-10-26)29-12-13-30-35-31(23-33(42)37(29,30)3)36(2)16-15-28(40)21-27(36)22-32(35)41/h4-6,9-10,25,27-33,35,40-42H,7-8,11-24H2,1-3H3/p+1/t25-,27+,28-,29-,30+,31+,32-,33+,35+,36+,37-/m1/s1. The minimum atomic E-state index is -0.373. The summed E-state index contributed by atoms with van der Waals surface area (Å²) in [6.07, 6.45) is 9.34. The fraction of sp³-hybridized carbons (Fsp3) is 0.811. The summed E-state index contributed by atoms with van der Waals surface area (Å²) in [7, 11) is 0. The Morgan fingerprint density at radius 1 is 1.00 bits per heavy atom. The second-order valence-corrected chi connectivity index (χ2v) is 16.3. The zero-order valence-electron chi connectivity index (χ0n) is 27.1. The lowest BCUT2D eigenvalue weighted by molar-refractivity contribution is -0.928. The molecule has 1 aromatic carbocycles. The van der Waals surface area contributed by atoms with Crippen molar-refractivity contribution >= 4 is 5.91 Å². The number of amides is 1. The minimum Gasteiger partial charge on any atom is -0.393 e. The van der Waals surface area contributed by atoms with Crippen LogP contribution in [0.5, 0.6) is 0 Å². The molecule has 0 radical (unpaired) electrons. The van der Waals surface area contributed by atoms with Crippen LogP contribution in [0.3, 0.4) is 0 Å². The van der Waals surface area contributed by atoms with E-state index in [2.05, 4.69) is 56.4 Å². The molecule has 1 aromatic rings. The van der Waals surface area contributed by atoms with Gasteiger partial charge in [0.25, 0.3) is 0 Å². The molecule has 11 atom stereocenters. The Labute approximate surface area is 260 Å². The Bertz CT molecular complexity index is 1110. The molecule has 4 saturated carbocycles. The van der Waals surface area contributed by atoms with Crippen LogP contribution in [-0.4, -0.2) is 70.2 Å². The number of carbonyl (C=O) groups excluding carboxylic acids is 1. The van der Waals surface area contributed by atoms with Gasteiger partial charge >= 0.3 is 0 Å². The van der Waals surface area contributed by atoms with Crippen LogP contribution in [0.2, 0.25) is 0 Å². The van der Waals surface area contributed by atoms with Crippen LogP contribution in [-0.2, 0) is 11.3 Å². The van der Waals surface area contributed by atoms with Crippen molar-refractivity contribution in [2.24, 2.45) is 46.3 Å². The monoisotopic (exact) mass is 595 g/mol. The SMILES string of the molecule is C[C@H](CCC(=O)NCC[N+]1(Cc2ccccc2)CCCC1)[C@H]1CC[C@H]2[C@@H]3[C@H](O)C[C@@H]4C[C@H](O)CC[C@]4(C)[C@H]3C[C@H](O)[C@]12C. The van der Waals surface area contributed by atoms with E-state index >= 15 is 0 Å². The summed E-state index contributed by atoms with van der Waals surface area (Å²) in [5.41, 5.74) is 1.28. The molecule has 240 valence electrons. The van der Waals surface area contributed by atoms with Gasteiger partial charge in [-0.1, -0.05) is 51.1 Å². The molecule has 6 rings (SSSR count). The maximum absolute atomic E-state index is 13.0. The molecule has 4 aliphatic carbocycles. The van der Waals surface area contributed by atoms with E-state index in [-0.39, 0.29) is 41.0 Å². The normalized spacial score (nSPS) is 42.5. The van der Waals surface area contributed by atoms with Crippen molar-refractivity contribution in [2.75, 3.05) is 26.2 Å². The average Bonchev–Trinajstić information content (AvgIpc) is 3.59. The molecule has 0 aromatic heterocycles. The maximum Gasteiger partial charge on any atom is 0.220 e. The summed E-state index contributed by atoms with van der Waals surface area (Å²) in [4.78, 5) is 13.0. The first kappa shape index (κ1) is 31.5. The highest BCUT2D eigenvalue weighted by Gasteiger charge is 2.65. The first-order valence-corrected chi connectivity index (χ1v) is 17.8. The van der Waals surface area contributed by atoms with E-state index in [1.165, 1.54) is 31.5 Å². The van der Waals surface area contributed by atoms with Crippen LogP contribution >= 0.6 is 0 Å².